The molecule has 1 aromatic heterocycles. The topological polar surface area (TPSA) is 105 Å². The molecular formula is C13H15N5O2S. The average molecular weight is 305 g/mol. The van der Waals surface area contributed by atoms with Crippen LogP contribution in [0.1, 0.15) is 11.1 Å². The summed E-state index contributed by atoms with van der Waals surface area (Å²) in [4.78, 5) is -0.0504. The number of aromatic nitrogens is 2. The second kappa shape index (κ2) is 5.55. The maximum Gasteiger partial charge on any atom is 0.244 e. The van der Waals surface area contributed by atoms with E-state index in [1.165, 1.54) is 29.6 Å². The molecule has 2 N–H and O–H groups in total. The molecule has 21 heavy (non-hydrogen) atoms. The zero-order valence-electron chi connectivity index (χ0n) is 11.7. The van der Waals surface area contributed by atoms with E-state index in [1.54, 1.807) is 24.1 Å². The number of rotatable bonds is 4. The van der Waals surface area contributed by atoms with Crippen LogP contribution >= 0.6 is 0 Å². The fraction of sp³-hybridized carbons (Fsp3) is 0.231. The van der Waals surface area contributed by atoms with E-state index in [9.17, 15) is 8.42 Å². The zero-order chi connectivity index (χ0) is 15.6. The molecule has 0 saturated carbocycles. The van der Waals surface area contributed by atoms with Crippen LogP contribution in [-0.4, -0.2) is 29.6 Å². The van der Waals surface area contributed by atoms with E-state index >= 15 is 0 Å². The van der Waals surface area contributed by atoms with E-state index in [0.717, 1.165) is 5.56 Å². The van der Waals surface area contributed by atoms with Crippen LogP contribution in [0.2, 0.25) is 0 Å². The van der Waals surface area contributed by atoms with Crippen molar-refractivity contribution in [3.8, 4) is 6.07 Å². The molecule has 2 aromatic rings. The lowest BCUT2D eigenvalue weighted by atomic mass is 10.2. The van der Waals surface area contributed by atoms with E-state index in [1.807, 2.05) is 6.07 Å². The highest BCUT2D eigenvalue weighted by molar-refractivity contribution is 7.89. The molecule has 0 unspecified atom stereocenters. The van der Waals surface area contributed by atoms with Crippen molar-refractivity contribution >= 4 is 15.7 Å². The Morgan fingerprint density at radius 3 is 2.76 bits per heavy atom. The molecule has 0 radical (unpaired) electrons. The number of nitriles is 1. The van der Waals surface area contributed by atoms with Gasteiger partial charge in [-0.3, -0.25) is 4.68 Å². The molecule has 1 heterocycles. The van der Waals surface area contributed by atoms with Gasteiger partial charge in [0.2, 0.25) is 10.0 Å². The summed E-state index contributed by atoms with van der Waals surface area (Å²) in [6.45, 7) is 0.172. The Bertz CT molecular complexity index is 804. The van der Waals surface area contributed by atoms with Gasteiger partial charge in [0.1, 0.15) is 11.0 Å². The Labute approximate surface area is 123 Å². The van der Waals surface area contributed by atoms with Crippen molar-refractivity contribution in [2.45, 2.75) is 11.4 Å². The van der Waals surface area contributed by atoms with Gasteiger partial charge in [-0.2, -0.15) is 14.7 Å². The van der Waals surface area contributed by atoms with Crippen LogP contribution in [-0.2, 0) is 23.6 Å². The number of hydrogen-bond acceptors (Lipinski definition) is 5. The number of nitrogens with zero attached hydrogens (tertiary/aromatic N) is 4. The number of anilines is 1. The van der Waals surface area contributed by atoms with E-state index in [4.69, 9.17) is 11.0 Å². The fourth-order valence-electron chi connectivity index (χ4n) is 1.92. The van der Waals surface area contributed by atoms with Gasteiger partial charge < -0.3 is 5.73 Å². The second-order valence-corrected chi connectivity index (χ2v) is 6.66. The molecule has 0 aliphatic rings. The number of sulfonamides is 1. The van der Waals surface area contributed by atoms with E-state index < -0.39 is 10.0 Å². The lowest BCUT2D eigenvalue weighted by molar-refractivity contribution is 0.466. The predicted octanol–water partition coefficient (Wildman–Crippen LogP) is 0.695. The van der Waals surface area contributed by atoms with Gasteiger partial charge in [-0.05, 0) is 18.2 Å². The SMILES string of the molecule is CN(Cc1cnn(C)c1)S(=O)(=O)c1ccc(N)cc1C#N. The summed E-state index contributed by atoms with van der Waals surface area (Å²) in [5.41, 5.74) is 6.72. The number of hydrogen-bond donors (Lipinski definition) is 1. The van der Waals surface area contributed by atoms with Crippen LogP contribution in [0, 0.1) is 11.3 Å². The molecule has 0 aliphatic carbocycles. The standard InChI is InChI=1S/C13H15N5O2S/c1-17-8-10(7-16-17)9-18(2)21(19,20)13-4-3-12(15)5-11(13)6-14/h3-5,7-8H,9,15H2,1-2H3. The summed E-state index contributed by atoms with van der Waals surface area (Å²) in [6.07, 6.45) is 3.33. The van der Waals surface area contributed by atoms with Gasteiger partial charge in [-0.1, -0.05) is 0 Å². The first-order valence-corrected chi connectivity index (χ1v) is 7.52. The lowest BCUT2D eigenvalue weighted by Gasteiger charge is -2.17. The average Bonchev–Trinajstić information content (AvgIpc) is 2.83. The van der Waals surface area contributed by atoms with Gasteiger partial charge in [-0.15, -0.1) is 0 Å². The first-order valence-electron chi connectivity index (χ1n) is 6.08. The summed E-state index contributed by atoms with van der Waals surface area (Å²) in [7, 11) is -0.555. The Kier molecular flexibility index (Phi) is 3.97. The number of nitrogen functional groups attached to an aromatic ring is 1. The van der Waals surface area contributed by atoms with Crippen molar-refractivity contribution < 1.29 is 8.42 Å². The molecule has 0 amide bonds. The van der Waals surface area contributed by atoms with E-state index in [-0.39, 0.29) is 17.0 Å². The van der Waals surface area contributed by atoms with Crippen molar-refractivity contribution in [1.82, 2.24) is 14.1 Å². The van der Waals surface area contributed by atoms with E-state index in [0.29, 0.717) is 5.69 Å². The maximum atomic E-state index is 12.5. The molecule has 0 bridgehead atoms. The summed E-state index contributed by atoms with van der Waals surface area (Å²) >= 11 is 0. The summed E-state index contributed by atoms with van der Waals surface area (Å²) in [5.74, 6) is 0. The highest BCUT2D eigenvalue weighted by Gasteiger charge is 2.24. The lowest BCUT2D eigenvalue weighted by Crippen LogP contribution is -2.27. The predicted molar refractivity (Wildman–Crippen MR) is 77.4 cm³/mol. The van der Waals surface area contributed by atoms with Crippen LogP contribution in [0.25, 0.3) is 0 Å². The summed E-state index contributed by atoms with van der Waals surface area (Å²) < 4.78 is 27.9. The normalized spacial score (nSPS) is 11.5. The molecule has 0 spiro atoms. The van der Waals surface area contributed by atoms with Crippen LogP contribution in [0.3, 0.4) is 0 Å². The quantitative estimate of drug-likeness (QED) is 0.837. The molecule has 0 fully saturated rings. The molecule has 7 nitrogen and oxygen atoms in total. The summed E-state index contributed by atoms with van der Waals surface area (Å²) in [5, 5.41) is 13.1. The van der Waals surface area contributed by atoms with Crippen molar-refractivity contribution in [1.29, 1.82) is 5.26 Å². The monoisotopic (exact) mass is 305 g/mol. The van der Waals surface area contributed by atoms with E-state index in [2.05, 4.69) is 5.10 Å². The van der Waals surface area contributed by atoms with Crippen molar-refractivity contribution in [2.75, 3.05) is 12.8 Å². The highest BCUT2D eigenvalue weighted by Crippen LogP contribution is 2.22. The van der Waals surface area contributed by atoms with Crippen LogP contribution < -0.4 is 5.73 Å². The zero-order valence-corrected chi connectivity index (χ0v) is 12.5. The number of aryl methyl sites for hydroxylation is 1. The fourth-order valence-corrected chi connectivity index (χ4v) is 3.20. The molecule has 110 valence electrons. The largest absolute Gasteiger partial charge is 0.399 e. The molecule has 0 saturated heterocycles. The third-order valence-corrected chi connectivity index (χ3v) is 4.84. The Morgan fingerprint density at radius 1 is 1.48 bits per heavy atom. The minimum atomic E-state index is -3.77. The first-order chi connectivity index (χ1) is 9.84. The molecular weight excluding hydrogens is 290 g/mol. The van der Waals surface area contributed by atoms with Gasteiger partial charge in [-0.25, -0.2) is 8.42 Å². The van der Waals surface area contributed by atoms with Gasteiger partial charge >= 0.3 is 0 Å². The van der Waals surface area contributed by atoms with Gasteiger partial charge in [0.25, 0.3) is 0 Å². The molecule has 1 aromatic carbocycles. The molecule has 8 heteroatoms. The third kappa shape index (κ3) is 3.04. The van der Waals surface area contributed by atoms with Gasteiger partial charge in [0.15, 0.2) is 0 Å². The van der Waals surface area contributed by atoms with Crippen molar-refractivity contribution in [3.05, 3.63) is 41.7 Å². The highest BCUT2D eigenvalue weighted by atomic mass is 32.2. The molecule has 0 atom stereocenters. The summed E-state index contributed by atoms with van der Waals surface area (Å²) in [6, 6.07) is 6.03. The smallest absolute Gasteiger partial charge is 0.244 e. The minimum absolute atomic E-state index is 0.0352. The van der Waals surface area contributed by atoms with Crippen molar-refractivity contribution in [3.63, 3.8) is 0 Å². The Hall–Kier alpha value is -2.37. The molecule has 2 rings (SSSR count). The number of benzene rings is 1. The Morgan fingerprint density at radius 2 is 2.19 bits per heavy atom. The third-order valence-electron chi connectivity index (χ3n) is 2.98. The van der Waals surface area contributed by atoms with Crippen LogP contribution in [0.5, 0.6) is 0 Å². The van der Waals surface area contributed by atoms with Crippen molar-refractivity contribution in [2.24, 2.45) is 7.05 Å². The Balaban J connectivity index is 2.35. The van der Waals surface area contributed by atoms with Gasteiger partial charge in [0.05, 0.1) is 11.8 Å². The number of nitrogens with two attached hydrogens (primary N) is 1. The molecule has 0 aliphatic heterocycles. The van der Waals surface area contributed by atoms with Crippen LogP contribution in [0.15, 0.2) is 35.5 Å². The maximum absolute atomic E-state index is 12.5. The first kappa shape index (κ1) is 15.0. The van der Waals surface area contributed by atoms with Gasteiger partial charge in [0, 0.05) is 38.1 Å². The van der Waals surface area contributed by atoms with Crippen LogP contribution in [0.4, 0.5) is 5.69 Å². The second-order valence-electron chi connectivity index (χ2n) is 4.65. The minimum Gasteiger partial charge on any atom is -0.399 e.